The van der Waals surface area contributed by atoms with E-state index in [4.69, 9.17) is 0 Å². The van der Waals surface area contributed by atoms with E-state index in [2.05, 4.69) is 9.98 Å². The lowest BCUT2D eigenvalue weighted by Crippen LogP contribution is -2.54. The highest BCUT2D eigenvalue weighted by atomic mass is 16.1. The topological polar surface area (TPSA) is 58.9 Å². The Morgan fingerprint density at radius 3 is 1.72 bits per heavy atom. The molecule has 0 amide bonds. The van der Waals surface area contributed by atoms with Crippen LogP contribution in [0.2, 0.25) is 0 Å². The molecule has 0 aliphatic heterocycles. The normalized spacial score (nSPS) is 44.2. The van der Waals surface area contributed by atoms with E-state index >= 15 is 0 Å². The Morgan fingerprint density at radius 2 is 1.33 bits per heavy atom. The fraction of sp³-hybridized carbons (Fsp3) is 0.857. The molecule has 4 aliphatic rings. The highest BCUT2D eigenvalue weighted by Crippen LogP contribution is 2.65. The van der Waals surface area contributed by atoms with Gasteiger partial charge in [-0.1, -0.05) is 0 Å². The first kappa shape index (κ1) is 11.8. The second-order valence-electron chi connectivity index (χ2n) is 6.78. The van der Waals surface area contributed by atoms with Crippen LogP contribution in [0.5, 0.6) is 0 Å². The van der Waals surface area contributed by atoms with Crippen molar-refractivity contribution in [3.05, 3.63) is 0 Å². The van der Waals surface area contributed by atoms with Gasteiger partial charge in [-0.05, 0) is 61.2 Å². The Kier molecular flexibility index (Phi) is 2.73. The minimum Gasteiger partial charge on any atom is -0.211 e. The van der Waals surface area contributed by atoms with E-state index in [9.17, 15) is 9.59 Å². The first-order valence-electron chi connectivity index (χ1n) is 6.77. The molecule has 0 aromatic carbocycles. The molecule has 4 heteroatoms. The Hall–Kier alpha value is -1.24. The first-order valence-corrected chi connectivity index (χ1v) is 6.77. The van der Waals surface area contributed by atoms with E-state index in [1.807, 2.05) is 0 Å². The molecule has 0 radical (unpaired) electrons. The number of aliphatic imine (C=N–C) groups is 2. The monoisotopic (exact) mass is 246 g/mol. The van der Waals surface area contributed by atoms with Crippen LogP contribution < -0.4 is 0 Å². The zero-order chi connectivity index (χ0) is 12.6. The maximum atomic E-state index is 10.4. The maximum absolute atomic E-state index is 10.4. The molecule has 0 saturated heterocycles. The summed E-state index contributed by atoms with van der Waals surface area (Å²) in [5, 5.41) is 0. The summed E-state index contributed by atoms with van der Waals surface area (Å²) < 4.78 is 0. The predicted octanol–water partition coefficient (Wildman–Crippen LogP) is 2.24. The van der Waals surface area contributed by atoms with Crippen molar-refractivity contribution < 1.29 is 9.59 Å². The summed E-state index contributed by atoms with van der Waals surface area (Å²) in [6.45, 7) is 1.24. The van der Waals surface area contributed by atoms with E-state index in [1.54, 1.807) is 12.2 Å². The standard InChI is InChI=1S/C14H18N2O2/c17-9-15-7-13-2-11-1-12(4-13)5-14(3-11,6-13)8-16-10-18/h11-12H,1-8H2. The molecule has 4 saturated carbocycles. The summed E-state index contributed by atoms with van der Waals surface area (Å²) >= 11 is 0. The number of isocyanates is 2. The zero-order valence-electron chi connectivity index (χ0n) is 10.5. The van der Waals surface area contributed by atoms with Crippen LogP contribution in [0.4, 0.5) is 0 Å². The molecular weight excluding hydrogens is 228 g/mol. The third-order valence-corrected chi connectivity index (χ3v) is 5.26. The van der Waals surface area contributed by atoms with Crippen molar-refractivity contribution in [1.29, 1.82) is 0 Å². The highest BCUT2D eigenvalue weighted by molar-refractivity contribution is 5.34. The fourth-order valence-electron chi connectivity index (χ4n) is 5.42. The van der Waals surface area contributed by atoms with Gasteiger partial charge in [0.1, 0.15) is 0 Å². The Morgan fingerprint density at radius 1 is 0.889 bits per heavy atom. The summed E-state index contributed by atoms with van der Waals surface area (Å²) in [4.78, 5) is 28.5. The largest absolute Gasteiger partial charge is 0.234 e. The average Bonchev–Trinajstić information content (AvgIpc) is 2.32. The quantitative estimate of drug-likeness (QED) is 0.564. The molecule has 0 atom stereocenters. The molecule has 96 valence electrons. The lowest BCUT2D eigenvalue weighted by atomic mass is 9.44. The molecule has 18 heavy (non-hydrogen) atoms. The van der Waals surface area contributed by atoms with Crippen molar-refractivity contribution in [2.45, 2.75) is 38.5 Å². The SMILES string of the molecule is O=C=NCC12CC3CC(C1)CC(CN=C=O)(C3)C2. The van der Waals surface area contributed by atoms with Gasteiger partial charge in [-0.25, -0.2) is 19.6 Å². The van der Waals surface area contributed by atoms with Gasteiger partial charge in [-0.2, -0.15) is 0 Å². The van der Waals surface area contributed by atoms with Crippen LogP contribution in [0.1, 0.15) is 38.5 Å². The molecule has 0 N–H and O–H groups in total. The summed E-state index contributed by atoms with van der Waals surface area (Å²) in [5.41, 5.74) is 0.389. The first-order chi connectivity index (χ1) is 8.69. The van der Waals surface area contributed by atoms with Crippen LogP contribution in [-0.4, -0.2) is 25.2 Å². The molecule has 0 unspecified atom stereocenters. The van der Waals surface area contributed by atoms with Crippen LogP contribution in [-0.2, 0) is 9.59 Å². The molecule has 4 nitrogen and oxygen atoms in total. The second kappa shape index (κ2) is 4.15. The van der Waals surface area contributed by atoms with E-state index in [1.165, 1.54) is 32.1 Å². The van der Waals surface area contributed by atoms with Crippen molar-refractivity contribution >= 4 is 12.2 Å². The van der Waals surface area contributed by atoms with Crippen molar-refractivity contribution in [3.8, 4) is 0 Å². The van der Waals surface area contributed by atoms with Gasteiger partial charge in [0.25, 0.3) is 0 Å². The molecule has 4 rings (SSSR count). The van der Waals surface area contributed by atoms with Crippen molar-refractivity contribution in [3.63, 3.8) is 0 Å². The highest BCUT2D eigenvalue weighted by Gasteiger charge is 2.57. The third-order valence-electron chi connectivity index (χ3n) is 5.26. The Balaban J connectivity index is 1.87. The molecular formula is C14H18N2O2. The number of rotatable bonds is 4. The van der Waals surface area contributed by atoms with Crippen LogP contribution in [0, 0.1) is 22.7 Å². The molecule has 4 fully saturated rings. The average molecular weight is 246 g/mol. The zero-order valence-corrected chi connectivity index (χ0v) is 10.5. The van der Waals surface area contributed by atoms with Crippen LogP contribution in [0.15, 0.2) is 9.98 Å². The van der Waals surface area contributed by atoms with E-state index in [0.29, 0.717) is 13.1 Å². The van der Waals surface area contributed by atoms with Gasteiger partial charge in [0, 0.05) is 0 Å². The minimum atomic E-state index is 0.194. The van der Waals surface area contributed by atoms with Gasteiger partial charge in [0.05, 0.1) is 13.1 Å². The molecule has 4 bridgehead atoms. The number of carbonyl (C=O) groups excluding carboxylic acids is 2. The smallest absolute Gasteiger partial charge is 0.211 e. The van der Waals surface area contributed by atoms with Gasteiger partial charge in [-0.15, -0.1) is 0 Å². The van der Waals surface area contributed by atoms with Crippen molar-refractivity contribution in [1.82, 2.24) is 0 Å². The molecule has 4 aliphatic carbocycles. The predicted molar refractivity (Wildman–Crippen MR) is 65.5 cm³/mol. The number of hydrogen-bond donors (Lipinski definition) is 0. The van der Waals surface area contributed by atoms with E-state index in [-0.39, 0.29) is 10.8 Å². The Labute approximate surface area is 107 Å². The summed E-state index contributed by atoms with van der Waals surface area (Å²) in [7, 11) is 0. The lowest BCUT2D eigenvalue weighted by Gasteiger charge is -2.61. The molecule has 0 aromatic heterocycles. The van der Waals surface area contributed by atoms with Gasteiger partial charge >= 0.3 is 0 Å². The third kappa shape index (κ3) is 1.86. The number of nitrogens with zero attached hydrogens (tertiary/aromatic N) is 2. The van der Waals surface area contributed by atoms with E-state index < -0.39 is 0 Å². The van der Waals surface area contributed by atoms with Gasteiger partial charge in [-0.3, -0.25) is 0 Å². The second-order valence-corrected chi connectivity index (χ2v) is 6.78. The maximum Gasteiger partial charge on any atom is 0.234 e. The van der Waals surface area contributed by atoms with Gasteiger partial charge < -0.3 is 0 Å². The summed E-state index contributed by atoms with van der Waals surface area (Å²) in [6.07, 6.45) is 10.5. The lowest BCUT2D eigenvalue weighted by molar-refractivity contribution is -0.100. The van der Waals surface area contributed by atoms with Crippen molar-refractivity contribution in [2.24, 2.45) is 32.7 Å². The van der Waals surface area contributed by atoms with Gasteiger partial charge in [0.15, 0.2) is 0 Å². The minimum absolute atomic E-state index is 0.194. The van der Waals surface area contributed by atoms with Crippen LogP contribution in [0.3, 0.4) is 0 Å². The van der Waals surface area contributed by atoms with E-state index in [0.717, 1.165) is 18.3 Å². The Bertz CT molecular complexity index is 395. The summed E-state index contributed by atoms with van der Waals surface area (Å²) in [5.74, 6) is 1.49. The fourth-order valence-corrected chi connectivity index (χ4v) is 5.42. The van der Waals surface area contributed by atoms with Crippen LogP contribution in [0.25, 0.3) is 0 Å². The molecule has 0 aromatic rings. The molecule has 0 spiro atoms. The number of hydrogen-bond acceptors (Lipinski definition) is 4. The molecule has 0 heterocycles. The van der Waals surface area contributed by atoms with Crippen LogP contribution >= 0.6 is 0 Å². The van der Waals surface area contributed by atoms with Crippen molar-refractivity contribution in [2.75, 3.05) is 13.1 Å². The summed E-state index contributed by atoms with van der Waals surface area (Å²) in [6, 6.07) is 0. The van der Waals surface area contributed by atoms with Gasteiger partial charge in [0.2, 0.25) is 12.2 Å².